The van der Waals surface area contributed by atoms with E-state index in [1.165, 1.54) is 32.1 Å². The van der Waals surface area contributed by atoms with Gasteiger partial charge in [-0.3, -0.25) is 4.79 Å². The predicted molar refractivity (Wildman–Crippen MR) is 79.6 cm³/mol. The molecule has 0 unspecified atom stereocenters. The molecule has 0 aromatic carbocycles. The van der Waals surface area contributed by atoms with Gasteiger partial charge in [0.25, 0.3) is 0 Å². The van der Waals surface area contributed by atoms with Gasteiger partial charge in [-0.05, 0) is 62.7 Å². The van der Waals surface area contributed by atoms with E-state index in [1.807, 2.05) is 11.8 Å². The first kappa shape index (κ1) is 13.3. The second-order valence-corrected chi connectivity index (χ2v) is 7.30. The third kappa shape index (κ3) is 2.39. The van der Waals surface area contributed by atoms with E-state index in [0.29, 0.717) is 29.3 Å². The van der Waals surface area contributed by atoms with Gasteiger partial charge >= 0.3 is 0 Å². The number of thiocarbonyl (C=S) groups is 1. The monoisotopic (exact) mass is 280 g/mol. The second-order valence-electron chi connectivity index (χ2n) is 6.78. The number of hydrogen-bond acceptors (Lipinski definition) is 2. The van der Waals surface area contributed by atoms with Crippen molar-refractivity contribution in [3.8, 4) is 0 Å². The van der Waals surface area contributed by atoms with E-state index in [-0.39, 0.29) is 5.92 Å². The topological polar surface area (TPSA) is 46.3 Å². The van der Waals surface area contributed by atoms with Gasteiger partial charge in [0.2, 0.25) is 5.91 Å². The highest BCUT2D eigenvalue weighted by molar-refractivity contribution is 7.80. The van der Waals surface area contributed by atoms with Crippen LogP contribution in [0.4, 0.5) is 0 Å². The molecule has 4 fully saturated rings. The van der Waals surface area contributed by atoms with Crippen molar-refractivity contribution >= 4 is 23.1 Å². The minimum Gasteiger partial charge on any atom is -0.392 e. The van der Waals surface area contributed by atoms with Gasteiger partial charge in [0.15, 0.2) is 0 Å². The summed E-state index contributed by atoms with van der Waals surface area (Å²) in [4.78, 5) is 15.1. The highest BCUT2D eigenvalue weighted by Crippen LogP contribution is 2.56. The Morgan fingerprint density at radius 2 is 1.68 bits per heavy atom. The van der Waals surface area contributed by atoms with Gasteiger partial charge in [-0.1, -0.05) is 12.2 Å². The average molecular weight is 280 g/mol. The lowest BCUT2D eigenvalue weighted by atomic mass is 9.51. The van der Waals surface area contributed by atoms with E-state index in [4.69, 9.17) is 18.0 Å². The number of likely N-dealkylation sites (N-methyl/N-ethyl adjacent to an activating group) is 1. The smallest absolute Gasteiger partial charge is 0.226 e. The van der Waals surface area contributed by atoms with Crippen molar-refractivity contribution in [2.24, 2.45) is 35.3 Å². The first-order valence-corrected chi connectivity index (χ1v) is 8.06. The van der Waals surface area contributed by atoms with Crippen molar-refractivity contribution < 1.29 is 4.79 Å². The van der Waals surface area contributed by atoms with Gasteiger partial charge in [-0.15, -0.1) is 0 Å². The van der Waals surface area contributed by atoms with Gasteiger partial charge in [0.1, 0.15) is 0 Å². The average Bonchev–Trinajstić information content (AvgIpc) is 2.34. The number of rotatable bonds is 4. The number of amides is 1. The largest absolute Gasteiger partial charge is 0.392 e. The summed E-state index contributed by atoms with van der Waals surface area (Å²) < 4.78 is 0. The van der Waals surface area contributed by atoms with Crippen molar-refractivity contribution in [1.82, 2.24) is 4.90 Å². The van der Waals surface area contributed by atoms with Crippen LogP contribution in [-0.4, -0.2) is 28.9 Å². The molecule has 4 rings (SSSR count). The van der Waals surface area contributed by atoms with Crippen molar-refractivity contribution in [2.45, 2.75) is 39.0 Å². The Kier molecular flexibility index (Phi) is 3.54. The fourth-order valence-corrected chi connectivity index (χ4v) is 5.23. The maximum absolute atomic E-state index is 12.8. The predicted octanol–water partition coefficient (Wildman–Crippen LogP) is 2.19. The van der Waals surface area contributed by atoms with E-state index in [0.717, 1.165) is 18.4 Å². The van der Waals surface area contributed by atoms with Crippen LogP contribution in [0.1, 0.15) is 39.0 Å². The molecule has 3 nitrogen and oxygen atoms in total. The summed E-state index contributed by atoms with van der Waals surface area (Å²) in [6.45, 7) is 3.19. The minimum atomic E-state index is 0.266. The Balaban J connectivity index is 1.74. The maximum Gasteiger partial charge on any atom is 0.226 e. The molecule has 106 valence electrons. The fourth-order valence-electron chi connectivity index (χ4n) is 5.07. The first-order valence-electron chi connectivity index (χ1n) is 7.65. The molecule has 0 aromatic rings. The van der Waals surface area contributed by atoms with Crippen LogP contribution < -0.4 is 5.73 Å². The van der Waals surface area contributed by atoms with Gasteiger partial charge in [0, 0.05) is 12.5 Å². The first-order chi connectivity index (χ1) is 9.08. The van der Waals surface area contributed by atoms with E-state index in [2.05, 4.69) is 0 Å². The molecule has 2 N–H and O–H groups in total. The van der Waals surface area contributed by atoms with Crippen molar-refractivity contribution in [3.05, 3.63) is 0 Å². The molecule has 0 radical (unpaired) electrons. The molecule has 0 atom stereocenters. The molecule has 4 heteroatoms. The van der Waals surface area contributed by atoms with Crippen LogP contribution in [-0.2, 0) is 4.79 Å². The zero-order valence-electron chi connectivity index (χ0n) is 11.7. The van der Waals surface area contributed by atoms with Crippen LogP contribution >= 0.6 is 12.2 Å². The molecule has 4 aliphatic carbocycles. The lowest BCUT2D eigenvalue weighted by molar-refractivity contribution is -0.148. The molecule has 0 aliphatic heterocycles. The van der Waals surface area contributed by atoms with Crippen LogP contribution in [0.2, 0.25) is 0 Å². The van der Waals surface area contributed by atoms with Crippen LogP contribution in [0, 0.1) is 29.6 Å². The number of carbonyl (C=O) groups is 1. The number of hydrogen-bond donors (Lipinski definition) is 1. The molecule has 0 saturated heterocycles. The molecule has 4 saturated carbocycles. The Morgan fingerprint density at radius 1 is 1.16 bits per heavy atom. The number of carbonyl (C=O) groups excluding carboxylic acids is 1. The fraction of sp³-hybridized carbons (Fsp3) is 0.867. The standard InChI is InChI=1S/C15H24N2OS/c1-2-17(8-13(16)19)15(18)14-11-4-9-3-10(6-11)7-12(14)5-9/h9-12,14H,2-8H2,1H3,(H2,16,19). The van der Waals surface area contributed by atoms with E-state index in [1.54, 1.807) is 0 Å². The van der Waals surface area contributed by atoms with Gasteiger partial charge < -0.3 is 10.6 Å². The van der Waals surface area contributed by atoms with E-state index >= 15 is 0 Å². The zero-order chi connectivity index (χ0) is 13.6. The van der Waals surface area contributed by atoms with Crippen molar-refractivity contribution in [3.63, 3.8) is 0 Å². The highest BCUT2D eigenvalue weighted by Gasteiger charge is 2.51. The lowest BCUT2D eigenvalue weighted by Gasteiger charge is -2.54. The third-order valence-electron chi connectivity index (χ3n) is 5.55. The van der Waals surface area contributed by atoms with Gasteiger partial charge in [0.05, 0.1) is 11.5 Å². The van der Waals surface area contributed by atoms with Crippen molar-refractivity contribution in [1.29, 1.82) is 0 Å². The number of nitrogens with two attached hydrogens (primary N) is 1. The third-order valence-corrected chi connectivity index (χ3v) is 5.68. The quantitative estimate of drug-likeness (QED) is 0.803. The molecule has 4 bridgehead atoms. The maximum atomic E-state index is 12.8. The SMILES string of the molecule is CCN(CC(N)=S)C(=O)C1C2CC3CC(C2)CC1C3. The summed E-state index contributed by atoms with van der Waals surface area (Å²) >= 11 is 4.97. The van der Waals surface area contributed by atoms with Crippen LogP contribution in [0.15, 0.2) is 0 Å². The van der Waals surface area contributed by atoms with Gasteiger partial charge in [-0.2, -0.15) is 0 Å². The van der Waals surface area contributed by atoms with Gasteiger partial charge in [-0.25, -0.2) is 0 Å². The molecule has 4 aliphatic rings. The Bertz CT molecular complexity index is 368. The van der Waals surface area contributed by atoms with E-state index in [9.17, 15) is 4.79 Å². The molecular weight excluding hydrogens is 256 g/mol. The second kappa shape index (κ2) is 5.04. The molecule has 0 heterocycles. The van der Waals surface area contributed by atoms with Crippen LogP contribution in [0.5, 0.6) is 0 Å². The Morgan fingerprint density at radius 3 is 2.11 bits per heavy atom. The van der Waals surface area contributed by atoms with Crippen LogP contribution in [0.25, 0.3) is 0 Å². The lowest BCUT2D eigenvalue weighted by Crippen LogP contribution is -2.52. The zero-order valence-corrected chi connectivity index (χ0v) is 12.5. The summed E-state index contributed by atoms with van der Waals surface area (Å²) in [5.74, 6) is 3.70. The molecule has 0 spiro atoms. The molecule has 0 aromatic heterocycles. The molecule has 1 amide bonds. The summed E-state index contributed by atoms with van der Waals surface area (Å²) in [6, 6.07) is 0. The summed E-state index contributed by atoms with van der Waals surface area (Å²) in [7, 11) is 0. The highest BCUT2D eigenvalue weighted by atomic mass is 32.1. The normalized spacial score (nSPS) is 39.3. The summed E-state index contributed by atoms with van der Waals surface area (Å²) in [5.41, 5.74) is 5.62. The summed E-state index contributed by atoms with van der Waals surface area (Å²) in [5, 5.41) is 0. The molecular formula is C15H24N2OS. The molecule has 19 heavy (non-hydrogen) atoms. The van der Waals surface area contributed by atoms with E-state index < -0.39 is 0 Å². The Labute approximate surface area is 120 Å². The van der Waals surface area contributed by atoms with Crippen LogP contribution in [0.3, 0.4) is 0 Å². The number of nitrogens with zero attached hydrogens (tertiary/aromatic N) is 1. The minimum absolute atomic E-state index is 0.266. The Hall–Kier alpha value is -0.640. The van der Waals surface area contributed by atoms with Crippen molar-refractivity contribution in [2.75, 3.05) is 13.1 Å². The summed E-state index contributed by atoms with van der Waals surface area (Å²) in [6.07, 6.45) is 6.57.